The van der Waals surface area contributed by atoms with Gasteiger partial charge in [0.25, 0.3) is 0 Å². The van der Waals surface area contributed by atoms with Gasteiger partial charge >= 0.3 is 0 Å². The summed E-state index contributed by atoms with van der Waals surface area (Å²) in [7, 11) is 0. The van der Waals surface area contributed by atoms with Crippen molar-refractivity contribution in [1.29, 1.82) is 0 Å². The standard InChI is InChI=1S/C19H34N4O3/c1-5-15(6-2)18-10-17(26-23-18)11-21-19(20-7-3)22-14(4)12-25-16-8-9-24-13-16/h10,14-16H,5-9,11-13H2,1-4H3,(H2,20,21,22). The summed E-state index contributed by atoms with van der Waals surface area (Å²) in [5.74, 6) is 2.00. The van der Waals surface area contributed by atoms with Crippen LogP contribution in [0.25, 0.3) is 0 Å². The summed E-state index contributed by atoms with van der Waals surface area (Å²) in [6.07, 6.45) is 3.33. The largest absolute Gasteiger partial charge is 0.379 e. The van der Waals surface area contributed by atoms with E-state index in [0.717, 1.165) is 49.8 Å². The molecule has 148 valence electrons. The number of aromatic nitrogens is 1. The van der Waals surface area contributed by atoms with Gasteiger partial charge in [0.2, 0.25) is 0 Å². The third-order valence-corrected chi connectivity index (χ3v) is 4.57. The van der Waals surface area contributed by atoms with E-state index >= 15 is 0 Å². The van der Waals surface area contributed by atoms with Crippen molar-refractivity contribution in [3.8, 4) is 0 Å². The number of rotatable bonds is 10. The summed E-state index contributed by atoms with van der Waals surface area (Å²) in [6, 6.07) is 2.18. The maximum absolute atomic E-state index is 5.86. The molecule has 26 heavy (non-hydrogen) atoms. The number of nitrogens with one attached hydrogen (secondary N) is 2. The zero-order valence-corrected chi connectivity index (χ0v) is 16.6. The van der Waals surface area contributed by atoms with Gasteiger partial charge in [0.15, 0.2) is 11.7 Å². The Morgan fingerprint density at radius 3 is 2.85 bits per heavy atom. The molecule has 0 radical (unpaired) electrons. The van der Waals surface area contributed by atoms with E-state index in [4.69, 9.17) is 14.0 Å². The molecule has 0 spiro atoms. The fourth-order valence-electron chi connectivity index (χ4n) is 2.98. The zero-order chi connectivity index (χ0) is 18.8. The Labute approximate surface area is 156 Å². The van der Waals surface area contributed by atoms with Crippen LogP contribution in [-0.2, 0) is 16.0 Å². The molecular weight excluding hydrogens is 332 g/mol. The molecule has 1 fully saturated rings. The number of ether oxygens (including phenoxy) is 2. The minimum absolute atomic E-state index is 0.156. The average molecular weight is 367 g/mol. The van der Waals surface area contributed by atoms with Gasteiger partial charge in [0.05, 0.1) is 25.0 Å². The molecule has 1 aliphatic rings. The van der Waals surface area contributed by atoms with Gasteiger partial charge in [0.1, 0.15) is 6.54 Å². The summed E-state index contributed by atoms with van der Waals surface area (Å²) in [5, 5.41) is 10.8. The molecule has 2 heterocycles. The predicted molar refractivity (Wildman–Crippen MR) is 102 cm³/mol. The first-order chi connectivity index (χ1) is 12.7. The minimum atomic E-state index is 0.156. The lowest BCUT2D eigenvalue weighted by atomic mass is 9.99. The first-order valence-corrected chi connectivity index (χ1v) is 9.85. The molecule has 1 aliphatic heterocycles. The lowest BCUT2D eigenvalue weighted by Gasteiger charge is -2.19. The van der Waals surface area contributed by atoms with Gasteiger partial charge in [-0.15, -0.1) is 0 Å². The van der Waals surface area contributed by atoms with Crippen LogP contribution in [0.4, 0.5) is 0 Å². The molecule has 1 aromatic heterocycles. The van der Waals surface area contributed by atoms with E-state index in [9.17, 15) is 0 Å². The molecule has 0 aliphatic carbocycles. The average Bonchev–Trinajstić information content (AvgIpc) is 3.31. The molecule has 1 aromatic rings. The van der Waals surface area contributed by atoms with Gasteiger partial charge in [-0.05, 0) is 33.1 Å². The molecule has 0 bridgehead atoms. The smallest absolute Gasteiger partial charge is 0.191 e. The summed E-state index contributed by atoms with van der Waals surface area (Å²) >= 11 is 0. The van der Waals surface area contributed by atoms with Crippen molar-refractivity contribution in [2.75, 3.05) is 26.4 Å². The monoisotopic (exact) mass is 366 g/mol. The zero-order valence-electron chi connectivity index (χ0n) is 16.6. The predicted octanol–water partition coefficient (Wildman–Crippen LogP) is 2.83. The Hall–Kier alpha value is -1.60. The van der Waals surface area contributed by atoms with E-state index in [-0.39, 0.29) is 12.1 Å². The molecule has 0 amide bonds. The van der Waals surface area contributed by atoms with Crippen molar-refractivity contribution in [3.05, 3.63) is 17.5 Å². The van der Waals surface area contributed by atoms with Crippen LogP contribution in [0.5, 0.6) is 0 Å². The normalized spacial score (nSPS) is 19.1. The maximum Gasteiger partial charge on any atom is 0.191 e. The summed E-state index contributed by atoms with van der Waals surface area (Å²) < 4.78 is 16.6. The van der Waals surface area contributed by atoms with E-state index in [1.54, 1.807) is 0 Å². The minimum Gasteiger partial charge on any atom is -0.379 e. The third-order valence-electron chi connectivity index (χ3n) is 4.57. The van der Waals surface area contributed by atoms with Crippen LogP contribution >= 0.6 is 0 Å². The second-order valence-corrected chi connectivity index (χ2v) is 6.79. The van der Waals surface area contributed by atoms with E-state index in [2.05, 4.69) is 41.6 Å². The van der Waals surface area contributed by atoms with Crippen molar-refractivity contribution < 1.29 is 14.0 Å². The van der Waals surface area contributed by atoms with Gasteiger partial charge < -0.3 is 24.6 Å². The topological polar surface area (TPSA) is 80.9 Å². The van der Waals surface area contributed by atoms with Gasteiger partial charge in [-0.2, -0.15) is 0 Å². The third kappa shape index (κ3) is 6.61. The number of hydrogen-bond donors (Lipinski definition) is 2. The Balaban J connectivity index is 1.84. The highest BCUT2D eigenvalue weighted by atomic mass is 16.5. The van der Waals surface area contributed by atoms with Crippen LogP contribution in [0, 0.1) is 0 Å². The number of hydrogen-bond acceptors (Lipinski definition) is 5. The highest BCUT2D eigenvalue weighted by Gasteiger charge is 2.17. The first kappa shape index (κ1) is 20.7. The van der Waals surface area contributed by atoms with Gasteiger partial charge in [-0.1, -0.05) is 19.0 Å². The van der Waals surface area contributed by atoms with Gasteiger partial charge in [-0.25, -0.2) is 4.99 Å². The maximum atomic E-state index is 5.86. The summed E-state index contributed by atoms with van der Waals surface area (Å²) in [5.41, 5.74) is 1.03. The molecule has 0 saturated carbocycles. The second kappa shape index (κ2) is 11.2. The summed E-state index contributed by atoms with van der Waals surface area (Å²) in [4.78, 5) is 4.61. The summed E-state index contributed by atoms with van der Waals surface area (Å²) in [6.45, 7) is 11.9. The highest BCUT2D eigenvalue weighted by Crippen LogP contribution is 2.22. The number of aliphatic imine (C=N–C) groups is 1. The van der Waals surface area contributed by atoms with Crippen LogP contribution in [0.2, 0.25) is 0 Å². The van der Waals surface area contributed by atoms with Crippen LogP contribution in [-0.4, -0.2) is 49.6 Å². The Kier molecular flexibility index (Phi) is 8.91. The molecule has 0 aromatic carbocycles. The fraction of sp³-hybridized carbons (Fsp3) is 0.789. The molecule has 2 unspecified atom stereocenters. The lowest BCUT2D eigenvalue weighted by molar-refractivity contribution is 0.0347. The van der Waals surface area contributed by atoms with E-state index in [1.165, 1.54) is 0 Å². The van der Waals surface area contributed by atoms with Crippen molar-refractivity contribution in [1.82, 2.24) is 15.8 Å². The number of nitrogens with zero attached hydrogens (tertiary/aromatic N) is 2. The van der Waals surface area contributed by atoms with Crippen molar-refractivity contribution >= 4 is 5.96 Å². The van der Waals surface area contributed by atoms with Crippen molar-refractivity contribution in [2.24, 2.45) is 4.99 Å². The van der Waals surface area contributed by atoms with Gasteiger partial charge in [-0.3, -0.25) is 0 Å². The number of guanidine groups is 1. The van der Waals surface area contributed by atoms with Crippen LogP contribution in [0.15, 0.2) is 15.6 Å². The lowest BCUT2D eigenvalue weighted by Crippen LogP contribution is -2.44. The fourth-order valence-corrected chi connectivity index (χ4v) is 2.98. The Morgan fingerprint density at radius 1 is 1.38 bits per heavy atom. The van der Waals surface area contributed by atoms with Gasteiger partial charge in [0, 0.05) is 31.2 Å². The Bertz CT molecular complexity index is 537. The molecular formula is C19H34N4O3. The SMILES string of the molecule is CCNC(=NCc1cc(C(CC)CC)no1)NC(C)COC1CCOC1. The van der Waals surface area contributed by atoms with Crippen LogP contribution in [0.3, 0.4) is 0 Å². The van der Waals surface area contributed by atoms with E-state index in [1.807, 2.05) is 13.0 Å². The van der Waals surface area contributed by atoms with E-state index in [0.29, 0.717) is 25.7 Å². The molecule has 2 rings (SSSR count). The molecule has 2 atom stereocenters. The van der Waals surface area contributed by atoms with Crippen molar-refractivity contribution in [3.63, 3.8) is 0 Å². The van der Waals surface area contributed by atoms with Crippen LogP contribution in [0.1, 0.15) is 64.3 Å². The molecule has 1 saturated heterocycles. The Morgan fingerprint density at radius 2 is 2.19 bits per heavy atom. The van der Waals surface area contributed by atoms with E-state index < -0.39 is 0 Å². The quantitative estimate of drug-likeness (QED) is 0.489. The van der Waals surface area contributed by atoms with Crippen molar-refractivity contribution in [2.45, 2.75) is 71.6 Å². The molecule has 7 nitrogen and oxygen atoms in total. The molecule has 7 heteroatoms. The second-order valence-electron chi connectivity index (χ2n) is 6.79. The molecule has 2 N–H and O–H groups in total. The van der Waals surface area contributed by atoms with Crippen LogP contribution < -0.4 is 10.6 Å². The first-order valence-electron chi connectivity index (χ1n) is 9.85. The highest BCUT2D eigenvalue weighted by molar-refractivity contribution is 5.80.